The Morgan fingerprint density at radius 3 is 2.18 bits per heavy atom. The molecule has 0 N–H and O–H groups in total. The van der Waals surface area contributed by atoms with E-state index in [1.807, 2.05) is 0 Å². The van der Waals surface area contributed by atoms with Crippen molar-refractivity contribution in [1.82, 2.24) is 0 Å². The van der Waals surface area contributed by atoms with Gasteiger partial charge in [0.05, 0.1) is 19.6 Å². The predicted octanol–water partition coefficient (Wildman–Crippen LogP) is 2.13. The molecule has 5 nitrogen and oxygen atoms in total. The lowest BCUT2D eigenvalue weighted by atomic mass is 10.0. The summed E-state index contributed by atoms with van der Waals surface area (Å²) >= 11 is 0. The molecular formula is C17H18O5. The maximum atomic E-state index is 11.9. The van der Waals surface area contributed by atoms with Crippen molar-refractivity contribution in [3.05, 3.63) is 35.4 Å². The molecule has 0 radical (unpaired) electrons. The van der Waals surface area contributed by atoms with Crippen molar-refractivity contribution in [2.45, 2.75) is 26.7 Å². The summed E-state index contributed by atoms with van der Waals surface area (Å²) in [6.45, 7) is 4.01. The van der Waals surface area contributed by atoms with Crippen LogP contribution in [0.1, 0.15) is 42.6 Å². The fourth-order valence-corrected chi connectivity index (χ4v) is 1.62. The molecule has 0 aliphatic heterocycles. The fraction of sp³-hybridized carbons (Fsp3) is 0.353. The molecule has 22 heavy (non-hydrogen) atoms. The Labute approximate surface area is 129 Å². The maximum absolute atomic E-state index is 11.9. The Kier molecular flexibility index (Phi) is 7.41. The van der Waals surface area contributed by atoms with Crippen LogP contribution in [0.3, 0.4) is 0 Å². The number of ether oxygens (including phenoxy) is 2. The molecule has 0 saturated heterocycles. The van der Waals surface area contributed by atoms with E-state index in [9.17, 15) is 14.4 Å². The van der Waals surface area contributed by atoms with Gasteiger partial charge in [0, 0.05) is 23.5 Å². The van der Waals surface area contributed by atoms with Gasteiger partial charge in [0.25, 0.3) is 0 Å². The standard InChI is InChI=1S/C17H18O5/c1-3-21-16(19)11-7-13-5-8-14(9-6-13)15(18)10-12-17(20)22-4-2/h5-6,8-9H,3-4,10,12H2,1-2H3. The lowest BCUT2D eigenvalue weighted by molar-refractivity contribution is -0.143. The summed E-state index contributed by atoms with van der Waals surface area (Å²) in [7, 11) is 0. The molecule has 0 fully saturated rings. The van der Waals surface area contributed by atoms with E-state index in [0.29, 0.717) is 17.7 Å². The highest BCUT2D eigenvalue weighted by atomic mass is 16.5. The van der Waals surface area contributed by atoms with Gasteiger partial charge in [0.2, 0.25) is 0 Å². The summed E-state index contributed by atoms with van der Waals surface area (Å²) in [5.74, 6) is 3.89. The minimum absolute atomic E-state index is 0.0666. The zero-order valence-electron chi connectivity index (χ0n) is 12.7. The number of rotatable bonds is 6. The third-order valence-corrected chi connectivity index (χ3v) is 2.65. The quantitative estimate of drug-likeness (QED) is 0.457. The molecule has 5 heteroatoms. The van der Waals surface area contributed by atoms with Gasteiger partial charge in [-0.3, -0.25) is 9.59 Å². The topological polar surface area (TPSA) is 69.7 Å². The van der Waals surface area contributed by atoms with E-state index in [0.717, 1.165) is 0 Å². The summed E-state index contributed by atoms with van der Waals surface area (Å²) in [6, 6.07) is 6.51. The van der Waals surface area contributed by atoms with Crippen LogP contribution in [0.4, 0.5) is 0 Å². The second kappa shape index (κ2) is 9.35. The van der Waals surface area contributed by atoms with Crippen LogP contribution in [0.25, 0.3) is 0 Å². The average Bonchev–Trinajstić information content (AvgIpc) is 2.52. The van der Waals surface area contributed by atoms with E-state index in [1.54, 1.807) is 38.1 Å². The number of hydrogen-bond donors (Lipinski definition) is 0. The van der Waals surface area contributed by atoms with Crippen molar-refractivity contribution >= 4 is 17.7 Å². The molecule has 0 unspecified atom stereocenters. The normalized spacial score (nSPS) is 9.36. The molecule has 0 atom stereocenters. The van der Waals surface area contributed by atoms with E-state index in [4.69, 9.17) is 4.74 Å². The smallest absolute Gasteiger partial charge is 0.384 e. The van der Waals surface area contributed by atoms with Crippen LogP contribution in [-0.2, 0) is 19.1 Å². The average molecular weight is 302 g/mol. The maximum Gasteiger partial charge on any atom is 0.384 e. The van der Waals surface area contributed by atoms with Crippen molar-refractivity contribution in [2.24, 2.45) is 0 Å². The van der Waals surface area contributed by atoms with Crippen molar-refractivity contribution < 1.29 is 23.9 Å². The monoisotopic (exact) mass is 302 g/mol. The second-order valence-corrected chi connectivity index (χ2v) is 4.28. The van der Waals surface area contributed by atoms with E-state index < -0.39 is 5.97 Å². The largest absolute Gasteiger partial charge is 0.466 e. The van der Waals surface area contributed by atoms with Gasteiger partial charge in [-0.2, -0.15) is 0 Å². The molecule has 1 rings (SSSR count). The van der Waals surface area contributed by atoms with Gasteiger partial charge in [-0.15, -0.1) is 0 Å². The highest BCUT2D eigenvalue weighted by Gasteiger charge is 2.09. The highest BCUT2D eigenvalue weighted by molar-refractivity contribution is 5.97. The Hall–Kier alpha value is -2.61. The first-order chi connectivity index (χ1) is 10.6. The molecule has 0 bridgehead atoms. The number of ketones is 1. The summed E-state index contributed by atoms with van der Waals surface area (Å²) in [5.41, 5.74) is 1.10. The number of hydrogen-bond acceptors (Lipinski definition) is 5. The van der Waals surface area contributed by atoms with E-state index >= 15 is 0 Å². The SMILES string of the molecule is CCOC(=O)C#Cc1ccc(C(=O)CCC(=O)OCC)cc1. The Bertz CT molecular complexity index is 590. The van der Waals surface area contributed by atoms with Gasteiger partial charge < -0.3 is 9.47 Å². The predicted molar refractivity (Wildman–Crippen MR) is 80.2 cm³/mol. The Morgan fingerprint density at radius 1 is 0.955 bits per heavy atom. The first-order valence-corrected chi connectivity index (χ1v) is 7.04. The highest BCUT2D eigenvalue weighted by Crippen LogP contribution is 2.08. The molecule has 0 amide bonds. The number of carbonyl (C=O) groups is 3. The number of benzene rings is 1. The molecule has 0 heterocycles. The minimum atomic E-state index is -0.586. The van der Waals surface area contributed by atoms with Gasteiger partial charge in [-0.25, -0.2) is 4.79 Å². The van der Waals surface area contributed by atoms with Gasteiger partial charge in [0.15, 0.2) is 5.78 Å². The van der Waals surface area contributed by atoms with Crippen LogP contribution in [0, 0.1) is 11.8 Å². The summed E-state index contributed by atoms with van der Waals surface area (Å²) < 4.78 is 9.46. The molecule has 0 spiro atoms. The van der Waals surface area contributed by atoms with E-state index in [-0.39, 0.29) is 31.2 Å². The van der Waals surface area contributed by atoms with Gasteiger partial charge in [-0.1, -0.05) is 18.1 Å². The van der Waals surface area contributed by atoms with Crippen molar-refractivity contribution in [3.63, 3.8) is 0 Å². The lowest BCUT2D eigenvalue weighted by Gasteiger charge is -2.02. The Morgan fingerprint density at radius 2 is 1.59 bits per heavy atom. The lowest BCUT2D eigenvalue weighted by Crippen LogP contribution is -2.07. The van der Waals surface area contributed by atoms with Crippen molar-refractivity contribution in [1.29, 1.82) is 0 Å². The number of Topliss-reactive ketones (excluding diaryl/α,β-unsaturated/α-hetero) is 1. The summed E-state index contributed by atoms with van der Waals surface area (Å²) in [4.78, 5) is 34.2. The summed E-state index contributed by atoms with van der Waals surface area (Å²) in [5, 5.41) is 0. The third-order valence-electron chi connectivity index (χ3n) is 2.65. The third kappa shape index (κ3) is 6.23. The molecule has 0 saturated carbocycles. The minimum Gasteiger partial charge on any atom is -0.466 e. The zero-order valence-corrected chi connectivity index (χ0v) is 12.7. The van der Waals surface area contributed by atoms with Crippen molar-refractivity contribution in [2.75, 3.05) is 13.2 Å². The van der Waals surface area contributed by atoms with Crippen LogP contribution in [0.15, 0.2) is 24.3 Å². The Balaban J connectivity index is 2.59. The van der Waals surface area contributed by atoms with Crippen LogP contribution in [-0.4, -0.2) is 30.9 Å². The first kappa shape index (κ1) is 17.4. The first-order valence-electron chi connectivity index (χ1n) is 7.04. The van der Waals surface area contributed by atoms with E-state index in [1.165, 1.54) is 0 Å². The number of esters is 2. The van der Waals surface area contributed by atoms with Crippen LogP contribution in [0.5, 0.6) is 0 Å². The molecule has 0 aliphatic rings. The fourth-order valence-electron chi connectivity index (χ4n) is 1.62. The second-order valence-electron chi connectivity index (χ2n) is 4.28. The molecular weight excluding hydrogens is 284 g/mol. The van der Waals surface area contributed by atoms with Gasteiger partial charge in [-0.05, 0) is 26.0 Å². The van der Waals surface area contributed by atoms with Crippen LogP contribution in [0.2, 0.25) is 0 Å². The number of carbonyl (C=O) groups excluding carboxylic acids is 3. The zero-order chi connectivity index (χ0) is 16.4. The van der Waals surface area contributed by atoms with Crippen molar-refractivity contribution in [3.8, 4) is 11.8 Å². The molecule has 0 aliphatic carbocycles. The molecule has 1 aromatic carbocycles. The van der Waals surface area contributed by atoms with Crippen LogP contribution < -0.4 is 0 Å². The summed E-state index contributed by atoms with van der Waals surface area (Å²) in [6.07, 6.45) is 0.170. The molecule has 0 aromatic heterocycles. The van der Waals surface area contributed by atoms with Crippen LogP contribution >= 0.6 is 0 Å². The molecule has 1 aromatic rings. The molecule has 116 valence electrons. The van der Waals surface area contributed by atoms with Gasteiger partial charge in [0.1, 0.15) is 0 Å². The van der Waals surface area contributed by atoms with E-state index in [2.05, 4.69) is 16.6 Å². The van der Waals surface area contributed by atoms with Gasteiger partial charge >= 0.3 is 11.9 Å².